The quantitative estimate of drug-likeness (QED) is 0.875. The zero-order valence-corrected chi connectivity index (χ0v) is 17.0. The summed E-state index contributed by atoms with van der Waals surface area (Å²) in [6.45, 7) is 11.3. The lowest BCUT2D eigenvalue weighted by molar-refractivity contribution is 0.109. The smallest absolute Gasteiger partial charge is 0.321 e. The average Bonchev–Trinajstić information content (AvgIpc) is 2.60. The van der Waals surface area contributed by atoms with E-state index >= 15 is 0 Å². The molecule has 26 heavy (non-hydrogen) atoms. The summed E-state index contributed by atoms with van der Waals surface area (Å²) in [5.74, 6) is 0.562. The number of piperidine rings is 1. The number of likely N-dealkylation sites (tertiary alicyclic amines) is 1. The Balaban J connectivity index is 1.56. The van der Waals surface area contributed by atoms with Gasteiger partial charge in [-0.05, 0) is 56.8 Å². The molecule has 1 atom stereocenters. The molecule has 2 amide bonds. The number of halogens is 1. The van der Waals surface area contributed by atoms with Crippen molar-refractivity contribution >= 4 is 23.3 Å². The minimum atomic E-state index is -0.0260. The van der Waals surface area contributed by atoms with E-state index in [0.29, 0.717) is 10.9 Å². The van der Waals surface area contributed by atoms with Crippen molar-refractivity contribution < 1.29 is 4.79 Å². The molecular formula is C20H31ClN4O. The molecule has 1 aromatic carbocycles. The van der Waals surface area contributed by atoms with Crippen molar-refractivity contribution in [3.63, 3.8) is 0 Å². The molecule has 2 aliphatic heterocycles. The highest BCUT2D eigenvalue weighted by molar-refractivity contribution is 6.34. The minimum Gasteiger partial charge on any atom is -0.324 e. The van der Waals surface area contributed by atoms with Gasteiger partial charge < -0.3 is 20.0 Å². The highest BCUT2D eigenvalue weighted by Gasteiger charge is 2.26. The molecule has 0 radical (unpaired) electrons. The summed E-state index contributed by atoms with van der Waals surface area (Å²) >= 11 is 6.34. The predicted octanol–water partition coefficient (Wildman–Crippen LogP) is 3.45. The highest BCUT2D eigenvalue weighted by Crippen LogP contribution is 2.28. The van der Waals surface area contributed by atoms with E-state index in [2.05, 4.69) is 22.2 Å². The van der Waals surface area contributed by atoms with Gasteiger partial charge >= 0.3 is 6.03 Å². The second-order valence-corrected chi connectivity index (χ2v) is 8.33. The molecule has 2 saturated heterocycles. The number of carbonyl (C=O) groups is 1. The maximum Gasteiger partial charge on any atom is 0.321 e. The number of hydrogen-bond donors (Lipinski definition) is 1. The van der Waals surface area contributed by atoms with Gasteiger partial charge in [0, 0.05) is 45.8 Å². The molecule has 0 aliphatic carbocycles. The standard InChI is InChI=1S/C20H31ClN4O/c1-15-11-16(2)19(18(21)12-15)22-20(26)25-6-4-5-17(14-25)13-24-9-7-23(3)8-10-24/h11-12,17H,4-10,13-14H2,1-3H3,(H,22,26). The van der Waals surface area contributed by atoms with Crippen molar-refractivity contribution in [3.8, 4) is 0 Å². The highest BCUT2D eigenvalue weighted by atomic mass is 35.5. The zero-order valence-electron chi connectivity index (χ0n) is 16.2. The third-order valence-electron chi connectivity index (χ3n) is 5.58. The molecule has 0 saturated carbocycles. The third kappa shape index (κ3) is 4.90. The van der Waals surface area contributed by atoms with E-state index in [0.717, 1.165) is 69.0 Å². The Labute approximate surface area is 162 Å². The number of aryl methyl sites for hydroxylation is 2. The first-order valence-corrected chi connectivity index (χ1v) is 10.0. The number of piperazine rings is 1. The fraction of sp³-hybridized carbons (Fsp3) is 0.650. The van der Waals surface area contributed by atoms with Crippen molar-refractivity contribution in [1.29, 1.82) is 0 Å². The molecule has 0 spiro atoms. The van der Waals surface area contributed by atoms with Gasteiger partial charge in [-0.15, -0.1) is 0 Å². The summed E-state index contributed by atoms with van der Waals surface area (Å²) in [6, 6.07) is 3.92. The molecule has 5 nitrogen and oxygen atoms in total. The van der Waals surface area contributed by atoms with E-state index in [1.165, 1.54) is 6.42 Å². The monoisotopic (exact) mass is 378 g/mol. The van der Waals surface area contributed by atoms with Crippen LogP contribution in [-0.4, -0.2) is 73.6 Å². The summed E-state index contributed by atoms with van der Waals surface area (Å²) in [7, 11) is 2.18. The van der Waals surface area contributed by atoms with E-state index in [9.17, 15) is 4.79 Å². The van der Waals surface area contributed by atoms with Crippen LogP contribution < -0.4 is 5.32 Å². The van der Waals surface area contributed by atoms with Gasteiger partial charge in [-0.25, -0.2) is 4.79 Å². The van der Waals surface area contributed by atoms with Gasteiger partial charge in [-0.3, -0.25) is 0 Å². The Morgan fingerprint density at radius 2 is 1.92 bits per heavy atom. The van der Waals surface area contributed by atoms with Crippen LogP contribution in [0.2, 0.25) is 5.02 Å². The maximum absolute atomic E-state index is 12.8. The number of likely N-dealkylation sites (N-methyl/N-ethyl adjacent to an activating group) is 1. The lowest BCUT2D eigenvalue weighted by atomic mass is 9.97. The summed E-state index contributed by atoms with van der Waals surface area (Å²) in [4.78, 5) is 19.7. The van der Waals surface area contributed by atoms with E-state index in [1.807, 2.05) is 30.9 Å². The number of nitrogens with zero attached hydrogens (tertiary/aromatic N) is 3. The van der Waals surface area contributed by atoms with Gasteiger partial charge in [-0.1, -0.05) is 17.7 Å². The van der Waals surface area contributed by atoms with Gasteiger partial charge in [-0.2, -0.15) is 0 Å². The van der Waals surface area contributed by atoms with E-state index in [-0.39, 0.29) is 6.03 Å². The average molecular weight is 379 g/mol. The lowest BCUT2D eigenvalue weighted by Crippen LogP contribution is -2.49. The number of benzene rings is 1. The third-order valence-corrected chi connectivity index (χ3v) is 5.88. The van der Waals surface area contributed by atoms with Gasteiger partial charge in [0.05, 0.1) is 10.7 Å². The van der Waals surface area contributed by atoms with E-state index in [1.54, 1.807) is 0 Å². The number of carbonyl (C=O) groups excluding carboxylic acids is 1. The van der Waals surface area contributed by atoms with Crippen LogP contribution in [0, 0.1) is 19.8 Å². The van der Waals surface area contributed by atoms with Crippen LogP contribution in [0.5, 0.6) is 0 Å². The second-order valence-electron chi connectivity index (χ2n) is 7.93. The molecule has 1 unspecified atom stereocenters. The first-order valence-electron chi connectivity index (χ1n) is 9.66. The fourth-order valence-corrected chi connectivity index (χ4v) is 4.42. The first-order chi connectivity index (χ1) is 12.4. The topological polar surface area (TPSA) is 38.8 Å². The SMILES string of the molecule is Cc1cc(C)c(NC(=O)N2CCCC(CN3CCN(C)CC3)C2)c(Cl)c1. The van der Waals surface area contributed by atoms with Gasteiger partial charge in [0.15, 0.2) is 0 Å². The molecule has 3 rings (SSSR count). The first kappa shape index (κ1) is 19.5. The zero-order chi connectivity index (χ0) is 18.7. The number of amides is 2. The van der Waals surface area contributed by atoms with Crippen LogP contribution in [0.15, 0.2) is 12.1 Å². The van der Waals surface area contributed by atoms with Gasteiger partial charge in [0.1, 0.15) is 0 Å². The van der Waals surface area contributed by atoms with Crippen LogP contribution in [0.4, 0.5) is 10.5 Å². The van der Waals surface area contributed by atoms with Crippen molar-refractivity contribution in [3.05, 3.63) is 28.3 Å². The Kier molecular flexibility index (Phi) is 6.43. The molecule has 2 heterocycles. The largest absolute Gasteiger partial charge is 0.324 e. The number of nitrogens with one attached hydrogen (secondary N) is 1. The Morgan fingerprint density at radius 1 is 1.19 bits per heavy atom. The van der Waals surface area contributed by atoms with E-state index < -0.39 is 0 Å². The maximum atomic E-state index is 12.8. The molecule has 1 N–H and O–H groups in total. The molecule has 0 bridgehead atoms. The van der Waals surface area contributed by atoms with Crippen molar-refractivity contribution in [2.45, 2.75) is 26.7 Å². The van der Waals surface area contributed by atoms with Crippen LogP contribution >= 0.6 is 11.6 Å². The van der Waals surface area contributed by atoms with Crippen LogP contribution in [0.1, 0.15) is 24.0 Å². The van der Waals surface area contributed by atoms with Gasteiger partial charge in [0.2, 0.25) is 0 Å². The molecule has 2 fully saturated rings. The Bertz CT molecular complexity index is 620. The molecule has 1 aromatic rings. The van der Waals surface area contributed by atoms with E-state index in [4.69, 9.17) is 11.6 Å². The van der Waals surface area contributed by atoms with Crippen molar-refractivity contribution in [2.24, 2.45) is 5.92 Å². The number of rotatable bonds is 3. The Morgan fingerprint density at radius 3 is 2.62 bits per heavy atom. The van der Waals surface area contributed by atoms with Crippen LogP contribution in [-0.2, 0) is 0 Å². The fourth-order valence-electron chi connectivity index (χ4n) is 4.05. The molecule has 0 aromatic heterocycles. The molecular weight excluding hydrogens is 348 g/mol. The lowest BCUT2D eigenvalue weighted by Gasteiger charge is -2.38. The number of anilines is 1. The van der Waals surface area contributed by atoms with Crippen molar-refractivity contribution in [2.75, 3.05) is 58.2 Å². The van der Waals surface area contributed by atoms with Crippen LogP contribution in [0.25, 0.3) is 0 Å². The molecule has 2 aliphatic rings. The number of hydrogen-bond acceptors (Lipinski definition) is 3. The summed E-state index contributed by atoms with van der Waals surface area (Å²) in [6.07, 6.45) is 2.28. The predicted molar refractivity (Wildman–Crippen MR) is 108 cm³/mol. The summed E-state index contributed by atoms with van der Waals surface area (Å²) in [5, 5.41) is 3.65. The number of urea groups is 1. The normalized spacial score (nSPS) is 22.5. The second kappa shape index (κ2) is 8.59. The summed E-state index contributed by atoms with van der Waals surface area (Å²) in [5.41, 5.74) is 2.86. The minimum absolute atomic E-state index is 0.0260. The summed E-state index contributed by atoms with van der Waals surface area (Å²) < 4.78 is 0. The molecule has 144 valence electrons. The molecule has 6 heteroatoms. The van der Waals surface area contributed by atoms with Gasteiger partial charge in [0.25, 0.3) is 0 Å². The van der Waals surface area contributed by atoms with Crippen LogP contribution in [0.3, 0.4) is 0 Å². The Hall–Kier alpha value is -1.30. The van der Waals surface area contributed by atoms with Crippen molar-refractivity contribution in [1.82, 2.24) is 14.7 Å².